The number of nitrogens with zero attached hydrogens (tertiary/aromatic N) is 1. The van der Waals surface area contributed by atoms with E-state index in [1.54, 1.807) is 4.90 Å². The largest absolute Gasteiger partial charge is 0.448 e. The average Bonchev–Trinajstić information content (AvgIpc) is 2.66. The minimum absolute atomic E-state index is 0.135. The van der Waals surface area contributed by atoms with Crippen LogP contribution in [-0.4, -0.2) is 36.7 Å². The SMILES string of the molecule is NC(CN1CCOC1=O)C1CCCCC1. The molecule has 86 valence electrons. The molecule has 2 rings (SSSR count). The highest BCUT2D eigenvalue weighted by Gasteiger charge is 2.27. The van der Waals surface area contributed by atoms with Gasteiger partial charge in [-0.2, -0.15) is 0 Å². The lowest BCUT2D eigenvalue weighted by molar-refractivity contribution is 0.152. The van der Waals surface area contributed by atoms with E-state index in [0.717, 1.165) is 0 Å². The highest BCUT2D eigenvalue weighted by molar-refractivity contribution is 5.69. The molecule has 0 radical (unpaired) electrons. The molecule has 0 aromatic carbocycles. The maximum Gasteiger partial charge on any atom is 0.409 e. The summed E-state index contributed by atoms with van der Waals surface area (Å²) in [6.07, 6.45) is 6.19. The van der Waals surface area contributed by atoms with Gasteiger partial charge in [0.05, 0.1) is 6.54 Å². The van der Waals surface area contributed by atoms with Crippen molar-refractivity contribution in [3.8, 4) is 0 Å². The van der Waals surface area contributed by atoms with Gasteiger partial charge in [0.2, 0.25) is 0 Å². The summed E-state index contributed by atoms with van der Waals surface area (Å²) in [5.41, 5.74) is 6.14. The van der Waals surface area contributed by atoms with Crippen LogP contribution in [-0.2, 0) is 4.74 Å². The molecule has 1 saturated carbocycles. The Morgan fingerprint density at radius 3 is 2.73 bits per heavy atom. The maximum atomic E-state index is 11.2. The van der Waals surface area contributed by atoms with E-state index in [-0.39, 0.29) is 12.1 Å². The van der Waals surface area contributed by atoms with Crippen molar-refractivity contribution in [1.82, 2.24) is 4.90 Å². The molecule has 1 aliphatic carbocycles. The summed E-state index contributed by atoms with van der Waals surface area (Å²) in [6.45, 7) is 1.90. The standard InChI is InChI=1S/C11H20N2O2/c12-10(9-4-2-1-3-5-9)8-13-6-7-15-11(13)14/h9-10H,1-8,12H2. The third-order valence-electron chi connectivity index (χ3n) is 3.53. The number of carbonyl (C=O) groups is 1. The summed E-state index contributed by atoms with van der Waals surface area (Å²) in [6, 6.07) is 0.135. The Labute approximate surface area is 90.8 Å². The van der Waals surface area contributed by atoms with Crippen LogP contribution in [0.2, 0.25) is 0 Å². The molecule has 1 atom stereocenters. The van der Waals surface area contributed by atoms with Gasteiger partial charge in [0, 0.05) is 12.6 Å². The lowest BCUT2D eigenvalue weighted by Crippen LogP contribution is -2.43. The Morgan fingerprint density at radius 2 is 2.13 bits per heavy atom. The average molecular weight is 212 g/mol. The first kappa shape index (κ1) is 10.7. The van der Waals surface area contributed by atoms with E-state index in [1.807, 2.05) is 0 Å². The minimum Gasteiger partial charge on any atom is -0.448 e. The fourth-order valence-electron chi connectivity index (χ4n) is 2.56. The molecule has 2 N–H and O–H groups in total. The minimum atomic E-state index is -0.193. The van der Waals surface area contributed by atoms with Gasteiger partial charge in [0.1, 0.15) is 6.61 Å². The first-order valence-corrected chi connectivity index (χ1v) is 5.94. The van der Waals surface area contributed by atoms with Gasteiger partial charge in [-0.1, -0.05) is 19.3 Å². The number of hydrogen-bond acceptors (Lipinski definition) is 3. The summed E-state index contributed by atoms with van der Waals surface area (Å²) < 4.78 is 4.89. The summed E-state index contributed by atoms with van der Waals surface area (Å²) in [4.78, 5) is 13.0. The van der Waals surface area contributed by atoms with E-state index in [2.05, 4.69) is 0 Å². The van der Waals surface area contributed by atoms with Crippen molar-refractivity contribution in [2.24, 2.45) is 11.7 Å². The molecular weight excluding hydrogens is 192 g/mol. The van der Waals surface area contributed by atoms with E-state index >= 15 is 0 Å². The molecule has 1 heterocycles. The molecule has 0 aromatic heterocycles. The molecule has 2 aliphatic rings. The number of hydrogen-bond donors (Lipinski definition) is 1. The van der Waals surface area contributed by atoms with Crippen molar-refractivity contribution in [1.29, 1.82) is 0 Å². The van der Waals surface area contributed by atoms with Gasteiger partial charge < -0.3 is 15.4 Å². The quantitative estimate of drug-likeness (QED) is 0.768. The van der Waals surface area contributed by atoms with Crippen molar-refractivity contribution in [3.63, 3.8) is 0 Å². The molecule has 0 bridgehead atoms. The summed E-state index contributed by atoms with van der Waals surface area (Å²) in [5.74, 6) is 0.604. The second-order valence-corrected chi connectivity index (χ2v) is 4.62. The van der Waals surface area contributed by atoms with Gasteiger partial charge in [0.15, 0.2) is 0 Å². The molecule has 4 nitrogen and oxygen atoms in total. The Hall–Kier alpha value is -0.770. The summed E-state index contributed by atoms with van der Waals surface area (Å²) >= 11 is 0. The lowest BCUT2D eigenvalue weighted by atomic mass is 9.84. The van der Waals surface area contributed by atoms with Crippen molar-refractivity contribution < 1.29 is 9.53 Å². The van der Waals surface area contributed by atoms with E-state index in [0.29, 0.717) is 25.6 Å². The highest BCUT2D eigenvalue weighted by Crippen LogP contribution is 2.26. The highest BCUT2D eigenvalue weighted by atomic mass is 16.6. The van der Waals surface area contributed by atoms with Gasteiger partial charge in [-0.15, -0.1) is 0 Å². The summed E-state index contributed by atoms with van der Waals surface area (Å²) in [7, 11) is 0. The van der Waals surface area contributed by atoms with Crippen LogP contribution in [0, 0.1) is 5.92 Å². The zero-order valence-corrected chi connectivity index (χ0v) is 9.15. The molecule has 1 aliphatic heterocycles. The van der Waals surface area contributed by atoms with Crippen LogP contribution in [0.5, 0.6) is 0 Å². The molecule has 15 heavy (non-hydrogen) atoms. The number of nitrogens with two attached hydrogens (primary N) is 1. The van der Waals surface area contributed by atoms with Crippen LogP contribution in [0.15, 0.2) is 0 Å². The van der Waals surface area contributed by atoms with Gasteiger partial charge >= 0.3 is 6.09 Å². The molecule has 2 fully saturated rings. The third-order valence-corrected chi connectivity index (χ3v) is 3.53. The van der Waals surface area contributed by atoms with E-state index in [9.17, 15) is 4.79 Å². The van der Waals surface area contributed by atoms with Gasteiger partial charge in [0.25, 0.3) is 0 Å². The van der Waals surface area contributed by atoms with Crippen molar-refractivity contribution in [3.05, 3.63) is 0 Å². The fourth-order valence-corrected chi connectivity index (χ4v) is 2.56. The van der Waals surface area contributed by atoms with Gasteiger partial charge in [-0.25, -0.2) is 4.79 Å². The Kier molecular flexibility index (Phi) is 3.46. The number of cyclic esters (lactones) is 1. The topological polar surface area (TPSA) is 55.6 Å². The molecule has 1 unspecified atom stereocenters. The molecule has 0 aromatic rings. The molecule has 1 amide bonds. The summed E-state index contributed by atoms with van der Waals surface area (Å²) in [5, 5.41) is 0. The zero-order chi connectivity index (χ0) is 10.7. The van der Waals surface area contributed by atoms with Crippen LogP contribution in [0.4, 0.5) is 4.79 Å². The second-order valence-electron chi connectivity index (χ2n) is 4.62. The van der Waals surface area contributed by atoms with Crippen LogP contribution in [0.1, 0.15) is 32.1 Å². The fraction of sp³-hybridized carbons (Fsp3) is 0.909. The number of rotatable bonds is 3. The van der Waals surface area contributed by atoms with Crippen LogP contribution in [0.25, 0.3) is 0 Å². The normalized spacial score (nSPS) is 25.4. The van der Waals surface area contributed by atoms with Gasteiger partial charge in [-0.05, 0) is 18.8 Å². The Balaban J connectivity index is 1.79. The second kappa shape index (κ2) is 4.84. The van der Waals surface area contributed by atoms with Crippen molar-refractivity contribution >= 4 is 6.09 Å². The smallest absolute Gasteiger partial charge is 0.409 e. The third kappa shape index (κ3) is 2.62. The first-order valence-electron chi connectivity index (χ1n) is 5.94. The molecule has 0 spiro atoms. The zero-order valence-electron chi connectivity index (χ0n) is 9.15. The van der Waals surface area contributed by atoms with Gasteiger partial charge in [-0.3, -0.25) is 0 Å². The van der Waals surface area contributed by atoms with E-state index in [1.165, 1.54) is 32.1 Å². The van der Waals surface area contributed by atoms with E-state index in [4.69, 9.17) is 10.5 Å². The Morgan fingerprint density at radius 1 is 1.40 bits per heavy atom. The number of ether oxygens (including phenoxy) is 1. The molecule has 4 heteroatoms. The maximum absolute atomic E-state index is 11.2. The van der Waals surface area contributed by atoms with Crippen molar-refractivity contribution in [2.75, 3.05) is 19.7 Å². The van der Waals surface area contributed by atoms with Crippen LogP contribution < -0.4 is 5.73 Å². The Bertz CT molecular complexity index is 227. The molecule has 1 saturated heterocycles. The van der Waals surface area contributed by atoms with Crippen LogP contribution in [0.3, 0.4) is 0 Å². The monoisotopic (exact) mass is 212 g/mol. The predicted molar refractivity (Wildman–Crippen MR) is 57.5 cm³/mol. The number of amides is 1. The van der Waals surface area contributed by atoms with Crippen molar-refractivity contribution in [2.45, 2.75) is 38.1 Å². The predicted octanol–water partition coefficient (Wildman–Crippen LogP) is 1.35. The first-order chi connectivity index (χ1) is 7.27. The van der Waals surface area contributed by atoms with Crippen LogP contribution >= 0.6 is 0 Å². The lowest BCUT2D eigenvalue weighted by Gasteiger charge is -2.29. The molecular formula is C11H20N2O2. The number of carbonyl (C=O) groups excluding carboxylic acids is 1. The van der Waals surface area contributed by atoms with E-state index < -0.39 is 0 Å².